The van der Waals surface area contributed by atoms with Gasteiger partial charge in [0.1, 0.15) is 0 Å². The number of amides is 1. The first-order valence-corrected chi connectivity index (χ1v) is 10.0. The van der Waals surface area contributed by atoms with E-state index < -0.39 is 21.9 Å². The monoisotopic (exact) mass is 388 g/mol. The van der Waals surface area contributed by atoms with Crippen molar-refractivity contribution < 1.29 is 23.1 Å². The Balaban J connectivity index is 1.77. The predicted molar refractivity (Wildman–Crippen MR) is 100.0 cm³/mol. The Morgan fingerprint density at radius 1 is 1.07 bits per heavy atom. The van der Waals surface area contributed by atoms with Gasteiger partial charge in [-0.25, -0.2) is 8.42 Å². The molecule has 2 N–H and O–H groups in total. The average molecular weight is 388 g/mol. The molecule has 1 atom stereocenters. The summed E-state index contributed by atoms with van der Waals surface area (Å²) in [6.07, 6.45) is 1.18. The molecule has 2 aromatic rings. The van der Waals surface area contributed by atoms with Crippen molar-refractivity contribution in [3.05, 3.63) is 60.2 Å². The summed E-state index contributed by atoms with van der Waals surface area (Å²) in [7, 11) is -3.75. The van der Waals surface area contributed by atoms with Gasteiger partial charge in [-0.3, -0.25) is 14.3 Å². The fraction of sp³-hybridized carbons (Fsp3) is 0.263. The van der Waals surface area contributed by atoms with Gasteiger partial charge in [0.25, 0.3) is 15.9 Å². The van der Waals surface area contributed by atoms with Crippen molar-refractivity contribution in [2.45, 2.75) is 17.7 Å². The number of benzene rings is 2. The van der Waals surface area contributed by atoms with E-state index in [0.29, 0.717) is 24.9 Å². The van der Waals surface area contributed by atoms with E-state index >= 15 is 0 Å². The fourth-order valence-electron chi connectivity index (χ4n) is 3.08. The standard InChI is InChI=1S/C19H20N2O5S/c22-18(21-11-5-7-15(13-21)19(23)24)14-6-4-8-16(12-14)20-27(25,26)17-9-2-1-3-10-17/h1-4,6,8-10,12,15,20H,5,7,11,13H2,(H,23,24). The highest BCUT2D eigenvalue weighted by atomic mass is 32.2. The second-order valence-corrected chi connectivity index (χ2v) is 8.11. The van der Waals surface area contributed by atoms with Crippen molar-refractivity contribution in [1.29, 1.82) is 0 Å². The van der Waals surface area contributed by atoms with Crippen LogP contribution in [0.3, 0.4) is 0 Å². The summed E-state index contributed by atoms with van der Waals surface area (Å²) < 4.78 is 27.3. The molecule has 1 heterocycles. The summed E-state index contributed by atoms with van der Waals surface area (Å²) in [4.78, 5) is 25.5. The van der Waals surface area contributed by atoms with Crippen LogP contribution in [0.1, 0.15) is 23.2 Å². The van der Waals surface area contributed by atoms with Gasteiger partial charge in [-0.2, -0.15) is 0 Å². The molecule has 27 heavy (non-hydrogen) atoms. The van der Waals surface area contributed by atoms with E-state index in [4.69, 9.17) is 0 Å². The van der Waals surface area contributed by atoms with Crippen molar-refractivity contribution in [3.8, 4) is 0 Å². The van der Waals surface area contributed by atoms with E-state index in [2.05, 4.69) is 4.72 Å². The van der Waals surface area contributed by atoms with Gasteiger partial charge in [-0.1, -0.05) is 24.3 Å². The quantitative estimate of drug-likeness (QED) is 0.819. The lowest BCUT2D eigenvalue weighted by molar-refractivity contribution is -0.143. The molecule has 1 unspecified atom stereocenters. The van der Waals surface area contributed by atoms with E-state index in [9.17, 15) is 23.1 Å². The predicted octanol–water partition coefficient (Wildman–Crippen LogP) is 2.42. The molecule has 1 fully saturated rings. The number of aliphatic carboxylic acids is 1. The van der Waals surface area contributed by atoms with E-state index in [0.717, 1.165) is 0 Å². The first kappa shape index (κ1) is 18.9. The molecular formula is C19H20N2O5S. The number of piperidine rings is 1. The molecule has 0 bridgehead atoms. The zero-order valence-electron chi connectivity index (χ0n) is 14.5. The molecule has 0 aliphatic carbocycles. The first-order chi connectivity index (χ1) is 12.9. The summed E-state index contributed by atoms with van der Waals surface area (Å²) >= 11 is 0. The number of nitrogens with one attached hydrogen (secondary N) is 1. The maximum Gasteiger partial charge on any atom is 0.308 e. The van der Waals surface area contributed by atoms with Crippen LogP contribution in [0, 0.1) is 5.92 Å². The van der Waals surface area contributed by atoms with E-state index in [1.54, 1.807) is 36.4 Å². The smallest absolute Gasteiger partial charge is 0.308 e. The van der Waals surface area contributed by atoms with Crippen LogP contribution in [0.4, 0.5) is 5.69 Å². The minimum Gasteiger partial charge on any atom is -0.481 e. The number of carboxylic acid groups (broad SMARTS) is 1. The lowest BCUT2D eigenvalue weighted by atomic mass is 9.97. The molecule has 8 heteroatoms. The van der Waals surface area contributed by atoms with Gasteiger partial charge in [-0.05, 0) is 43.2 Å². The Bertz CT molecular complexity index is 944. The second kappa shape index (κ2) is 7.79. The first-order valence-electron chi connectivity index (χ1n) is 8.57. The zero-order valence-corrected chi connectivity index (χ0v) is 15.4. The highest BCUT2D eigenvalue weighted by molar-refractivity contribution is 7.92. The van der Waals surface area contributed by atoms with Crippen LogP contribution in [0.5, 0.6) is 0 Å². The maximum atomic E-state index is 12.7. The zero-order chi connectivity index (χ0) is 19.4. The highest BCUT2D eigenvalue weighted by Crippen LogP contribution is 2.21. The van der Waals surface area contributed by atoms with Gasteiger partial charge < -0.3 is 10.0 Å². The SMILES string of the molecule is O=C(O)C1CCCN(C(=O)c2cccc(NS(=O)(=O)c3ccccc3)c2)C1. The molecule has 1 saturated heterocycles. The molecule has 0 saturated carbocycles. The number of hydrogen-bond donors (Lipinski definition) is 2. The van der Waals surface area contributed by atoms with Crippen LogP contribution < -0.4 is 4.72 Å². The largest absolute Gasteiger partial charge is 0.481 e. The second-order valence-electron chi connectivity index (χ2n) is 6.43. The van der Waals surface area contributed by atoms with Gasteiger partial charge in [0.2, 0.25) is 0 Å². The summed E-state index contributed by atoms with van der Waals surface area (Å²) in [6.45, 7) is 0.650. The summed E-state index contributed by atoms with van der Waals surface area (Å²) in [5.74, 6) is -1.78. The Morgan fingerprint density at radius 2 is 1.81 bits per heavy atom. The Labute approximate surface area is 157 Å². The number of sulfonamides is 1. The molecule has 1 amide bonds. The van der Waals surface area contributed by atoms with Crippen LogP contribution in [0.15, 0.2) is 59.5 Å². The van der Waals surface area contributed by atoms with Gasteiger partial charge in [0, 0.05) is 24.3 Å². The number of likely N-dealkylation sites (tertiary alicyclic amines) is 1. The third-order valence-corrected chi connectivity index (χ3v) is 5.87. The van der Waals surface area contributed by atoms with Crippen LogP contribution in [0.2, 0.25) is 0 Å². The topological polar surface area (TPSA) is 104 Å². The van der Waals surface area contributed by atoms with E-state index in [1.807, 2.05) is 0 Å². The minimum absolute atomic E-state index is 0.127. The molecule has 0 aromatic heterocycles. The van der Waals surface area contributed by atoms with Crippen LogP contribution in [-0.2, 0) is 14.8 Å². The number of anilines is 1. The van der Waals surface area contributed by atoms with E-state index in [1.165, 1.54) is 23.1 Å². The van der Waals surface area contributed by atoms with Gasteiger partial charge in [-0.15, -0.1) is 0 Å². The van der Waals surface area contributed by atoms with Crippen LogP contribution in [0.25, 0.3) is 0 Å². The third-order valence-electron chi connectivity index (χ3n) is 4.47. The molecule has 3 rings (SSSR count). The van der Waals surface area contributed by atoms with Crippen LogP contribution >= 0.6 is 0 Å². The summed E-state index contributed by atoms with van der Waals surface area (Å²) in [6, 6.07) is 14.2. The van der Waals surface area contributed by atoms with Crippen molar-refractivity contribution >= 4 is 27.6 Å². The van der Waals surface area contributed by atoms with Crippen molar-refractivity contribution in [3.63, 3.8) is 0 Å². The molecule has 7 nitrogen and oxygen atoms in total. The molecule has 1 aliphatic rings. The number of hydrogen-bond acceptors (Lipinski definition) is 4. The number of rotatable bonds is 5. The molecule has 2 aromatic carbocycles. The Kier molecular flexibility index (Phi) is 5.46. The Hall–Kier alpha value is -2.87. The molecular weight excluding hydrogens is 368 g/mol. The summed E-state index contributed by atoms with van der Waals surface area (Å²) in [5.41, 5.74) is 0.589. The van der Waals surface area contributed by atoms with Crippen molar-refractivity contribution in [2.75, 3.05) is 17.8 Å². The fourth-order valence-corrected chi connectivity index (χ4v) is 4.15. The van der Waals surface area contributed by atoms with Gasteiger partial charge in [0.15, 0.2) is 0 Å². The lowest BCUT2D eigenvalue weighted by Crippen LogP contribution is -2.42. The number of carbonyl (C=O) groups excluding carboxylic acids is 1. The number of nitrogens with zero attached hydrogens (tertiary/aromatic N) is 1. The average Bonchev–Trinajstić information content (AvgIpc) is 2.68. The molecule has 1 aliphatic heterocycles. The normalized spacial score (nSPS) is 17.3. The van der Waals surface area contributed by atoms with Crippen LogP contribution in [-0.4, -0.2) is 43.4 Å². The van der Waals surface area contributed by atoms with Gasteiger partial charge in [0.05, 0.1) is 10.8 Å². The van der Waals surface area contributed by atoms with Crippen molar-refractivity contribution in [2.24, 2.45) is 5.92 Å². The maximum absolute atomic E-state index is 12.7. The molecule has 0 spiro atoms. The molecule has 142 valence electrons. The lowest BCUT2D eigenvalue weighted by Gasteiger charge is -2.30. The van der Waals surface area contributed by atoms with Gasteiger partial charge >= 0.3 is 5.97 Å². The minimum atomic E-state index is -3.75. The highest BCUT2D eigenvalue weighted by Gasteiger charge is 2.28. The third kappa shape index (κ3) is 4.46. The molecule has 0 radical (unpaired) electrons. The summed E-state index contributed by atoms with van der Waals surface area (Å²) in [5, 5.41) is 9.17. The van der Waals surface area contributed by atoms with Crippen molar-refractivity contribution in [1.82, 2.24) is 4.90 Å². The Morgan fingerprint density at radius 3 is 2.52 bits per heavy atom. The number of carbonyl (C=O) groups is 2. The van der Waals surface area contributed by atoms with E-state index in [-0.39, 0.29) is 23.0 Å². The number of carboxylic acids is 1.